The first-order chi connectivity index (χ1) is 7.63. The Balaban J connectivity index is 2.49. The van der Waals surface area contributed by atoms with E-state index in [2.05, 4.69) is 17.2 Å². The number of amides is 1. The molecule has 0 radical (unpaired) electrons. The van der Waals surface area contributed by atoms with Crippen LogP contribution in [0.5, 0.6) is 0 Å². The molecule has 16 heavy (non-hydrogen) atoms. The Morgan fingerprint density at radius 3 is 2.88 bits per heavy atom. The van der Waals surface area contributed by atoms with Crippen molar-refractivity contribution in [1.29, 1.82) is 0 Å². The van der Waals surface area contributed by atoms with Crippen LogP contribution < -0.4 is 11.1 Å². The van der Waals surface area contributed by atoms with Crippen molar-refractivity contribution in [1.82, 2.24) is 4.98 Å². The van der Waals surface area contributed by atoms with E-state index >= 15 is 0 Å². The van der Waals surface area contributed by atoms with E-state index in [-0.39, 0.29) is 5.91 Å². The first-order valence-corrected chi connectivity index (χ1v) is 5.65. The molecule has 0 spiro atoms. The molecular weight excluding hydrogens is 202 g/mol. The van der Waals surface area contributed by atoms with Crippen LogP contribution in [0.25, 0.3) is 0 Å². The summed E-state index contributed by atoms with van der Waals surface area (Å²) in [5.74, 6) is 0.629. The summed E-state index contributed by atoms with van der Waals surface area (Å²) in [6.45, 7) is 3.99. The van der Waals surface area contributed by atoms with Gasteiger partial charge in [-0.2, -0.15) is 0 Å². The zero-order valence-electron chi connectivity index (χ0n) is 9.92. The lowest BCUT2D eigenvalue weighted by atomic mass is 10.2. The number of carbonyl (C=O) groups is 1. The molecule has 0 saturated carbocycles. The van der Waals surface area contributed by atoms with Crippen LogP contribution in [-0.4, -0.2) is 10.9 Å². The Morgan fingerprint density at radius 1 is 1.50 bits per heavy atom. The van der Waals surface area contributed by atoms with Crippen molar-refractivity contribution in [2.45, 2.75) is 39.5 Å². The lowest BCUT2D eigenvalue weighted by molar-refractivity contribution is -0.116. The van der Waals surface area contributed by atoms with Crippen LogP contribution in [0.4, 0.5) is 11.5 Å². The van der Waals surface area contributed by atoms with Gasteiger partial charge in [-0.25, -0.2) is 4.98 Å². The highest BCUT2D eigenvalue weighted by atomic mass is 16.1. The van der Waals surface area contributed by atoms with Gasteiger partial charge in [-0.05, 0) is 25.0 Å². The third-order valence-corrected chi connectivity index (χ3v) is 2.36. The standard InChI is InChI=1S/C12H19N3O/c1-3-4-5-6-11(16)15-12-9(2)7-10(13)8-14-12/h7-8H,3-6,13H2,1-2H3,(H,14,15,16). The van der Waals surface area contributed by atoms with Crippen LogP contribution in [0.2, 0.25) is 0 Å². The molecule has 0 aliphatic heterocycles. The molecule has 88 valence electrons. The van der Waals surface area contributed by atoms with Gasteiger partial charge in [0, 0.05) is 6.42 Å². The molecule has 1 aromatic heterocycles. The second-order valence-corrected chi connectivity index (χ2v) is 3.94. The highest BCUT2D eigenvalue weighted by molar-refractivity contribution is 5.90. The van der Waals surface area contributed by atoms with Gasteiger partial charge < -0.3 is 11.1 Å². The number of nitrogens with zero attached hydrogens (tertiary/aromatic N) is 1. The van der Waals surface area contributed by atoms with Crippen LogP contribution in [-0.2, 0) is 4.79 Å². The number of aryl methyl sites for hydroxylation is 1. The van der Waals surface area contributed by atoms with Gasteiger partial charge in [-0.15, -0.1) is 0 Å². The number of rotatable bonds is 5. The lowest BCUT2D eigenvalue weighted by Crippen LogP contribution is -2.13. The first-order valence-electron chi connectivity index (χ1n) is 5.65. The fraction of sp³-hybridized carbons (Fsp3) is 0.500. The molecule has 0 unspecified atom stereocenters. The van der Waals surface area contributed by atoms with E-state index in [1.54, 1.807) is 12.3 Å². The monoisotopic (exact) mass is 221 g/mol. The second kappa shape index (κ2) is 6.10. The highest BCUT2D eigenvalue weighted by Crippen LogP contribution is 2.14. The third kappa shape index (κ3) is 3.88. The average molecular weight is 221 g/mol. The molecule has 0 aliphatic carbocycles. The molecule has 0 aromatic carbocycles. The Kier molecular flexibility index (Phi) is 4.76. The van der Waals surface area contributed by atoms with Crippen LogP contribution >= 0.6 is 0 Å². The number of unbranched alkanes of at least 4 members (excludes halogenated alkanes) is 2. The molecule has 0 fully saturated rings. The Morgan fingerprint density at radius 2 is 2.25 bits per heavy atom. The van der Waals surface area contributed by atoms with Gasteiger partial charge >= 0.3 is 0 Å². The highest BCUT2D eigenvalue weighted by Gasteiger charge is 2.05. The molecule has 1 rings (SSSR count). The van der Waals surface area contributed by atoms with E-state index in [1.807, 2.05) is 6.92 Å². The van der Waals surface area contributed by atoms with E-state index in [4.69, 9.17) is 5.73 Å². The summed E-state index contributed by atoms with van der Waals surface area (Å²) in [5.41, 5.74) is 7.09. The van der Waals surface area contributed by atoms with Gasteiger partial charge in [-0.1, -0.05) is 19.8 Å². The van der Waals surface area contributed by atoms with Crippen molar-refractivity contribution in [2.75, 3.05) is 11.1 Å². The van der Waals surface area contributed by atoms with Crippen molar-refractivity contribution in [3.8, 4) is 0 Å². The van der Waals surface area contributed by atoms with E-state index in [0.717, 1.165) is 24.8 Å². The van der Waals surface area contributed by atoms with Crippen molar-refractivity contribution >= 4 is 17.4 Å². The lowest BCUT2D eigenvalue weighted by Gasteiger charge is -2.07. The van der Waals surface area contributed by atoms with Crippen molar-refractivity contribution in [3.63, 3.8) is 0 Å². The summed E-state index contributed by atoms with van der Waals surface area (Å²) in [6.07, 6.45) is 5.23. The molecule has 1 amide bonds. The summed E-state index contributed by atoms with van der Waals surface area (Å²) < 4.78 is 0. The van der Waals surface area contributed by atoms with E-state index in [0.29, 0.717) is 17.9 Å². The molecule has 4 heteroatoms. The van der Waals surface area contributed by atoms with Crippen LogP contribution in [0.3, 0.4) is 0 Å². The second-order valence-electron chi connectivity index (χ2n) is 3.94. The minimum Gasteiger partial charge on any atom is -0.397 e. The smallest absolute Gasteiger partial charge is 0.225 e. The number of hydrogen-bond donors (Lipinski definition) is 2. The summed E-state index contributed by atoms with van der Waals surface area (Å²) in [5, 5.41) is 2.79. The van der Waals surface area contributed by atoms with E-state index in [9.17, 15) is 4.79 Å². The number of carbonyl (C=O) groups excluding carboxylic acids is 1. The number of nitrogen functional groups attached to an aromatic ring is 1. The number of aromatic nitrogens is 1. The molecule has 1 heterocycles. The number of pyridine rings is 1. The molecule has 0 aliphatic rings. The van der Waals surface area contributed by atoms with Gasteiger partial charge in [0.15, 0.2) is 0 Å². The largest absolute Gasteiger partial charge is 0.397 e. The maximum Gasteiger partial charge on any atom is 0.225 e. The number of hydrogen-bond acceptors (Lipinski definition) is 3. The van der Waals surface area contributed by atoms with Gasteiger partial charge in [0.05, 0.1) is 11.9 Å². The van der Waals surface area contributed by atoms with Gasteiger partial charge in [0.1, 0.15) is 5.82 Å². The van der Waals surface area contributed by atoms with Crippen LogP contribution in [0, 0.1) is 6.92 Å². The summed E-state index contributed by atoms with van der Waals surface area (Å²) in [6, 6.07) is 1.80. The first kappa shape index (κ1) is 12.5. The molecule has 1 aromatic rings. The minimum atomic E-state index is 0.0221. The molecule has 0 atom stereocenters. The summed E-state index contributed by atoms with van der Waals surface area (Å²) in [4.78, 5) is 15.6. The molecule has 4 nitrogen and oxygen atoms in total. The Bertz CT molecular complexity index is 363. The van der Waals surface area contributed by atoms with Crippen LogP contribution in [0.1, 0.15) is 38.2 Å². The summed E-state index contributed by atoms with van der Waals surface area (Å²) >= 11 is 0. The van der Waals surface area contributed by atoms with Gasteiger partial charge in [0.25, 0.3) is 0 Å². The summed E-state index contributed by atoms with van der Waals surface area (Å²) in [7, 11) is 0. The van der Waals surface area contributed by atoms with Crippen LogP contribution in [0.15, 0.2) is 12.3 Å². The SMILES string of the molecule is CCCCCC(=O)Nc1ncc(N)cc1C. The van der Waals surface area contributed by atoms with Crippen molar-refractivity contribution in [2.24, 2.45) is 0 Å². The molecular formula is C12H19N3O. The zero-order chi connectivity index (χ0) is 12.0. The molecule has 0 saturated heterocycles. The van der Waals surface area contributed by atoms with E-state index in [1.165, 1.54) is 0 Å². The minimum absolute atomic E-state index is 0.0221. The average Bonchev–Trinajstić information content (AvgIpc) is 2.23. The van der Waals surface area contributed by atoms with Gasteiger partial charge in [0.2, 0.25) is 5.91 Å². The molecule has 3 N–H and O–H groups in total. The Labute approximate surface area is 96.3 Å². The fourth-order valence-corrected chi connectivity index (χ4v) is 1.46. The quantitative estimate of drug-likeness (QED) is 0.750. The molecule has 0 bridgehead atoms. The number of nitrogens with one attached hydrogen (secondary N) is 1. The van der Waals surface area contributed by atoms with Crippen molar-refractivity contribution in [3.05, 3.63) is 17.8 Å². The number of anilines is 2. The number of nitrogens with two attached hydrogens (primary N) is 1. The predicted molar refractivity (Wildman–Crippen MR) is 66.2 cm³/mol. The zero-order valence-corrected chi connectivity index (χ0v) is 9.92. The van der Waals surface area contributed by atoms with Crippen molar-refractivity contribution < 1.29 is 4.79 Å². The van der Waals surface area contributed by atoms with Gasteiger partial charge in [-0.3, -0.25) is 4.79 Å². The maximum absolute atomic E-state index is 11.5. The topological polar surface area (TPSA) is 68.0 Å². The normalized spacial score (nSPS) is 10.1. The maximum atomic E-state index is 11.5. The third-order valence-electron chi connectivity index (χ3n) is 2.36. The fourth-order valence-electron chi connectivity index (χ4n) is 1.46. The predicted octanol–water partition coefficient (Wildman–Crippen LogP) is 2.49. The Hall–Kier alpha value is -1.58. The van der Waals surface area contributed by atoms with E-state index < -0.39 is 0 Å².